The molecule has 0 aromatic heterocycles. The average Bonchev–Trinajstić information content (AvgIpc) is 3.26. The second-order valence-electron chi connectivity index (χ2n) is 5.71. The Labute approximate surface area is 128 Å². The summed E-state index contributed by atoms with van der Waals surface area (Å²) in [6.07, 6.45) is 2.47. The van der Waals surface area contributed by atoms with Crippen molar-refractivity contribution in [1.29, 1.82) is 0 Å². The predicted octanol–water partition coefficient (Wildman–Crippen LogP) is 2.23. The summed E-state index contributed by atoms with van der Waals surface area (Å²) >= 11 is 0. The fraction of sp³-hybridized carbons (Fsp3) is 0.588. The van der Waals surface area contributed by atoms with Gasteiger partial charge in [-0.05, 0) is 37.8 Å². The van der Waals surface area contributed by atoms with Crippen LogP contribution in [0.15, 0.2) is 29.3 Å². The van der Waals surface area contributed by atoms with Crippen LogP contribution in [0.25, 0.3) is 0 Å². The normalized spacial score (nSPS) is 16.6. The Morgan fingerprint density at radius 2 is 2.05 bits per heavy atom. The molecule has 116 valence electrons. The first-order chi connectivity index (χ1) is 10.2. The second kappa shape index (κ2) is 7.46. The fourth-order valence-corrected chi connectivity index (χ4v) is 2.68. The molecule has 0 spiro atoms. The average molecular weight is 289 g/mol. The van der Waals surface area contributed by atoms with Gasteiger partial charge in [0, 0.05) is 25.6 Å². The molecule has 0 unspecified atom stereocenters. The molecule has 1 aliphatic carbocycles. The van der Waals surface area contributed by atoms with E-state index in [1.54, 1.807) is 7.11 Å². The van der Waals surface area contributed by atoms with Gasteiger partial charge in [-0.1, -0.05) is 24.3 Å². The maximum atomic E-state index is 5.07. The van der Waals surface area contributed by atoms with Crippen LogP contribution in [-0.4, -0.2) is 39.3 Å². The van der Waals surface area contributed by atoms with E-state index in [0.29, 0.717) is 6.61 Å². The summed E-state index contributed by atoms with van der Waals surface area (Å²) in [4.78, 5) is 4.78. The first-order valence-electron chi connectivity index (χ1n) is 7.79. The summed E-state index contributed by atoms with van der Waals surface area (Å²) in [6, 6.07) is 8.69. The molecule has 4 heteroatoms. The Kier molecular flexibility index (Phi) is 5.62. The Morgan fingerprint density at radius 3 is 2.67 bits per heavy atom. The minimum Gasteiger partial charge on any atom is -0.383 e. The zero-order chi connectivity index (χ0) is 15.1. The van der Waals surface area contributed by atoms with E-state index in [9.17, 15) is 0 Å². The van der Waals surface area contributed by atoms with Crippen molar-refractivity contribution < 1.29 is 4.74 Å². The standard InChI is InChI=1S/C17H27N3O/c1-4-18-16(19-11-12-21-3)20-13-17(9-10-17)15-8-6-5-7-14(15)2/h5-8H,4,9-13H2,1-3H3,(H2,18,19,20). The van der Waals surface area contributed by atoms with Gasteiger partial charge in [-0.2, -0.15) is 0 Å². The number of aryl methyl sites for hydroxylation is 1. The monoisotopic (exact) mass is 289 g/mol. The molecule has 0 saturated heterocycles. The van der Waals surface area contributed by atoms with Crippen molar-refractivity contribution in [3.05, 3.63) is 35.4 Å². The molecule has 0 amide bonds. The lowest BCUT2D eigenvalue weighted by molar-refractivity contribution is 0.203. The molecule has 0 radical (unpaired) electrons. The number of benzene rings is 1. The summed E-state index contributed by atoms with van der Waals surface area (Å²) in [5, 5.41) is 6.59. The molecule has 0 atom stereocenters. The molecule has 1 aliphatic rings. The lowest BCUT2D eigenvalue weighted by Gasteiger charge is -2.17. The van der Waals surface area contributed by atoms with Crippen LogP contribution in [0.5, 0.6) is 0 Å². The zero-order valence-corrected chi connectivity index (χ0v) is 13.4. The maximum absolute atomic E-state index is 5.07. The highest BCUT2D eigenvalue weighted by Gasteiger charge is 2.44. The molecule has 4 nitrogen and oxygen atoms in total. The third kappa shape index (κ3) is 4.21. The Hall–Kier alpha value is -1.55. The Balaban J connectivity index is 2.01. The molecule has 0 bridgehead atoms. The molecule has 0 aliphatic heterocycles. The molecule has 21 heavy (non-hydrogen) atoms. The summed E-state index contributed by atoms with van der Waals surface area (Å²) in [5.74, 6) is 0.884. The van der Waals surface area contributed by atoms with Gasteiger partial charge in [0.1, 0.15) is 0 Å². The summed E-state index contributed by atoms with van der Waals surface area (Å²) in [6.45, 7) is 7.46. The minimum atomic E-state index is 0.259. The van der Waals surface area contributed by atoms with Gasteiger partial charge in [0.15, 0.2) is 5.96 Å². The summed E-state index contributed by atoms with van der Waals surface area (Å²) in [5.41, 5.74) is 3.10. The highest BCUT2D eigenvalue weighted by atomic mass is 16.5. The number of nitrogens with zero attached hydrogens (tertiary/aromatic N) is 1. The fourth-order valence-electron chi connectivity index (χ4n) is 2.68. The molecule has 1 aromatic carbocycles. The maximum Gasteiger partial charge on any atom is 0.191 e. The van der Waals surface area contributed by atoms with Gasteiger partial charge in [0.05, 0.1) is 13.2 Å². The number of hydrogen-bond acceptors (Lipinski definition) is 2. The number of hydrogen-bond donors (Lipinski definition) is 2. The van der Waals surface area contributed by atoms with Crippen molar-refractivity contribution in [2.24, 2.45) is 4.99 Å². The molecule has 1 fully saturated rings. The quantitative estimate of drug-likeness (QED) is 0.460. The van der Waals surface area contributed by atoms with Gasteiger partial charge in [0.2, 0.25) is 0 Å². The first kappa shape index (κ1) is 15.8. The van der Waals surface area contributed by atoms with Crippen molar-refractivity contribution >= 4 is 5.96 Å². The largest absolute Gasteiger partial charge is 0.383 e. The third-order valence-electron chi connectivity index (χ3n) is 4.05. The van der Waals surface area contributed by atoms with Gasteiger partial charge >= 0.3 is 0 Å². The van der Waals surface area contributed by atoms with E-state index >= 15 is 0 Å². The number of nitrogens with one attached hydrogen (secondary N) is 2. The lowest BCUT2D eigenvalue weighted by atomic mass is 9.92. The molecular weight excluding hydrogens is 262 g/mol. The predicted molar refractivity (Wildman–Crippen MR) is 87.9 cm³/mol. The van der Waals surface area contributed by atoms with Crippen LogP contribution >= 0.6 is 0 Å². The van der Waals surface area contributed by atoms with E-state index in [4.69, 9.17) is 9.73 Å². The lowest BCUT2D eigenvalue weighted by Crippen LogP contribution is -2.39. The van der Waals surface area contributed by atoms with Gasteiger partial charge < -0.3 is 15.4 Å². The van der Waals surface area contributed by atoms with Gasteiger partial charge in [-0.15, -0.1) is 0 Å². The van der Waals surface area contributed by atoms with E-state index < -0.39 is 0 Å². The second-order valence-corrected chi connectivity index (χ2v) is 5.71. The number of ether oxygens (including phenoxy) is 1. The van der Waals surface area contributed by atoms with Crippen LogP contribution in [0.1, 0.15) is 30.9 Å². The Morgan fingerprint density at radius 1 is 1.29 bits per heavy atom. The molecule has 2 N–H and O–H groups in total. The van der Waals surface area contributed by atoms with E-state index in [1.165, 1.54) is 24.0 Å². The number of aliphatic imine (C=N–C) groups is 1. The van der Waals surface area contributed by atoms with Gasteiger partial charge in [-0.3, -0.25) is 4.99 Å². The van der Waals surface area contributed by atoms with E-state index in [2.05, 4.69) is 48.7 Å². The van der Waals surface area contributed by atoms with E-state index in [-0.39, 0.29) is 5.41 Å². The van der Waals surface area contributed by atoms with Crippen LogP contribution in [0.3, 0.4) is 0 Å². The third-order valence-corrected chi connectivity index (χ3v) is 4.05. The minimum absolute atomic E-state index is 0.259. The van der Waals surface area contributed by atoms with Crippen LogP contribution in [0.4, 0.5) is 0 Å². The van der Waals surface area contributed by atoms with Crippen molar-refractivity contribution in [3.8, 4) is 0 Å². The topological polar surface area (TPSA) is 45.7 Å². The molecule has 1 saturated carbocycles. The first-order valence-corrected chi connectivity index (χ1v) is 7.79. The number of guanidine groups is 1. The highest BCUT2D eigenvalue weighted by Crippen LogP contribution is 2.49. The molecular formula is C17H27N3O. The molecule has 0 heterocycles. The SMILES string of the molecule is CCNC(=NCC1(c2ccccc2C)CC1)NCCOC. The molecule has 1 aromatic rings. The summed E-state index contributed by atoms with van der Waals surface area (Å²) < 4.78 is 5.07. The van der Waals surface area contributed by atoms with Crippen LogP contribution in [-0.2, 0) is 10.2 Å². The number of methoxy groups -OCH3 is 1. The van der Waals surface area contributed by atoms with Crippen molar-refractivity contribution in [2.45, 2.75) is 32.1 Å². The van der Waals surface area contributed by atoms with Crippen LogP contribution < -0.4 is 10.6 Å². The van der Waals surface area contributed by atoms with E-state index in [1.807, 2.05) is 0 Å². The zero-order valence-electron chi connectivity index (χ0n) is 13.4. The Bertz CT molecular complexity index is 481. The van der Waals surface area contributed by atoms with Crippen molar-refractivity contribution in [2.75, 3.05) is 33.4 Å². The van der Waals surface area contributed by atoms with Crippen molar-refractivity contribution in [1.82, 2.24) is 10.6 Å². The van der Waals surface area contributed by atoms with Crippen molar-refractivity contribution in [3.63, 3.8) is 0 Å². The van der Waals surface area contributed by atoms with E-state index in [0.717, 1.165) is 25.6 Å². The summed E-state index contributed by atoms with van der Waals surface area (Å²) in [7, 11) is 1.71. The highest BCUT2D eigenvalue weighted by molar-refractivity contribution is 5.79. The van der Waals surface area contributed by atoms with Gasteiger partial charge in [0.25, 0.3) is 0 Å². The van der Waals surface area contributed by atoms with Crippen LogP contribution in [0.2, 0.25) is 0 Å². The smallest absolute Gasteiger partial charge is 0.191 e. The molecule has 2 rings (SSSR count). The number of rotatable bonds is 7. The van der Waals surface area contributed by atoms with Crippen LogP contribution in [0, 0.1) is 6.92 Å². The van der Waals surface area contributed by atoms with Gasteiger partial charge in [-0.25, -0.2) is 0 Å².